The number of para-hydroxylation sites is 1. The van der Waals surface area contributed by atoms with Crippen LogP contribution in [0.5, 0.6) is 0 Å². The van der Waals surface area contributed by atoms with Crippen LogP contribution >= 0.6 is 0 Å². The fourth-order valence-corrected chi connectivity index (χ4v) is 7.13. The Bertz CT molecular complexity index is 2890. The van der Waals surface area contributed by atoms with E-state index in [2.05, 4.69) is 140 Å². The molecule has 0 aliphatic rings. The molecule has 2 aromatic heterocycles. The van der Waals surface area contributed by atoms with Gasteiger partial charge in [0, 0.05) is 27.5 Å². The monoisotopic (exact) mass is 625 g/mol. The largest absolute Gasteiger partial charge is 0.456 e. The molecule has 0 unspecified atom stereocenters. The molecule has 10 aromatic rings. The second-order valence-electron chi connectivity index (χ2n) is 12.4. The fourth-order valence-electron chi connectivity index (χ4n) is 7.13. The van der Waals surface area contributed by atoms with Crippen molar-refractivity contribution in [3.8, 4) is 45.3 Å². The van der Waals surface area contributed by atoms with Crippen molar-refractivity contribution in [3.05, 3.63) is 164 Å². The summed E-state index contributed by atoms with van der Waals surface area (Å²) in [5, 5.41) is 9.05. The second kappa shape index (κ2) is 11.0. The molecule has 0 fully saturated rings. The van der Waals surface area contributed by atoms with E-state index in [1.807, 2.05) is 24.3 Å². The quantitative estimate of drug-likeness (QED) is 0.183. The number of fused-ring (bicyclic) bond motifs is 7. The number of aromatic nitrogens is 3. The van der Waals surface area contributed by atoms with Crippen LogP contribution in [0, 0.1) is 0 Å². The van der Waals surface area contributed by atoms with Gasteiger partial charge in [0.1, 0.15) is 11.2 Å². The number of rotatable bonds is 4. The van der Waals surface area contributed by atoms with Crippen LogP contribution in [-0.4, -0.2) is 15.0 Å². The molecule has 228 valence electrons. The molecule has 0 N–H and O–H groups in total. The average molecular weight is 626 g/mol. The third kappa shape index (κ3) is 4.57. The number of benzene rings is 8. The highest BCUT2D eigenvalue weighted by atomic mass is 16.3. The highest BCUT2D eigenvalue weighted by molar-refractivity contribution is 6.16. The summed E-state index contributed by atoms with van der Waals surface area (Å²) in [6.45, 7) is 0. The lowest BCUT2D eigenvalue weighted by atomic mass is 9.97. The van der Waals surface area contributed by atoms with Crippen LogP contribution in [0.25, 0.3) is 99.5 Å². The molecule has 0 saturated carbocycles. The van der Waals surface area contributed by atoms with E-state index >= 15 is 0 Å². The molecule has 0 saturated heterocycles. The normalized spacial score (nSPS) is 11.7. The van der Waals surface area contributed by atoms with Gasteiger partial charge < -0.3 is 4.42 Å². The number of furan rings is 1. The highest BCUT2D eigenvalue weighted by Gasteiger charge is 2.18. The van der Waals surface area contributed by atoms with Crippen molar-refractivity contribution in [1.82, 2.24) is 15.0 Å². The molecule has 8 aromatic carbocycles. The van der Waals surface area contributed by atoms with Crippen molar-refractivity contribution in [3.63, 3.8) is 0 Å². The summed E-state index contributed by atoms with van der Waals surface area (Å²) >= 11 is 0. The van der Waals surface area contributed by atoms with Gasteiger partial charge in [-0.3, -0.25) is 0 Å². The zero-order chi connectivity index (χ0) is 32.3. The minimum atomic E-state index is 0.629. The standard InChI is InChI=1S/C45H27N3O/c1-2-11-28(12-3-1)33-16-6-7-18-36(33)44-46-43(47-45(48-44)37-19-10-14-29-13-4-5-15-34(29)37)32-24-22-30-21-23-31-26-42-40(27-39(31)38(30)25-32)35-17-8-9-20-41(35)49-42/h1-27H. The maximum atomic E-state index is 6.22. The molecule has 4 nitrogen and oxygen atoms in total. The first-order chi connectivity index (χ1) is 24.3. The summed E-state index contributed by atoms with van der Waals surface area (Å²) in [4.78, 5) is 15.6. The maximum Gasteiger partial charge on any atom is 0.164 e. The van der Waals surface area contributed by atoms with Crippen LogP contribution in [0.3, 0.4) is 0 Å². The first-order valence-electron chi connectivity index (χ1n) is 16.4. The number of hydrogen-bond acceptors (Lipinski definition) is 4. The van der Waals surface area contributed by atoms with Crippen LogP contribution in [0.2, 0.25) is 0 Å². The van der Waals surface area contributed by atoms with E-state index in [1.54, 1.807) is 0 Å². The Labute approximate surface area is 282 Å². The van der Waals surface area contributed by atoms with Crippen molar-refractivity contribution in [2.45, 2.75) is 0 Å². The molecule has 0 bridgehead atoms. The van der Waals surface area contributed by atoms with Gasteiger partial charge >= 0.3 is 0 Å². The predicted molar refractivity (Wildman–Crippen MR) is 201 cm³/mol. The van der Waals surface area contributed by atoms with Gasteiger partial charge in [-0.25, -0.2) is 15.0 Å². The van der Waals surface area contributed by atoms with Crippen molar-refractivity contribution in [2.24, 2.45) is 0 Å². The lowest BCUT2D eigenvalue weighted by Crippen LogP contribution is -2.01. The lowest BCUT2D eigenvalue weighted by molar-refractivity contribution is 0.669. The average Bonchev–Trinajstić information content (AvgIpc) is 3.54. The van der Waals surface area contributed by atoms with Crippen LogP contribution < -0.4 is 0 Å². The molecule has 0 amide bonds. The minimum absolute atomic E-state index is 0.629. The van der Waals surface area contributed by atoms with Gasteiger partial charge in [-0.2, -0.15) is 0 Å². The van der Waals surface area contributed by atoms with Crippen LogP contribution in [0.4, 0.5) is 0 Å². The third-order valence-corrected chi connectivity index (χ3v) is 9.51. The molecule has 0 aliphatic heterocycles. The first kappa shape index (κ1) is 27.5. The smallest absolute Gasteiger partial charge is 0.164 e. The fraction of sp³-hybridized carbons (Fsp3) is 0. The Balaban J connectivity index is 1.23. The summed E-state index contributed by atoms with van der Waals surface area (Å²) in [6, 6.07) is 56.9. The van der Waals surface area contributed by atoms with Crippen molar-refractivity contribution < 1.29 is 4.42 Å². The summed E-state index contributed by atoms with van der Waals surface area (Å²) < 4.78 is 6.22. The van der Waals surface area contributed by atoms with Crippen LogP contribution in [0.15, 0.2) is 168 Å². The van der Waals surface area contributed by atoms with E-state index < -0.39 is 0 Å². The van der Waals surface area contributed by atoms with Crippen molar-refractivity contribution >= 4 is 54.3 Å². The molecule has 4 heteroatoms. The third-order valence-electron chi connectivity index (χ3n) is 9.51. The molecule has 0 atom stereocenters. The van der Waals surface area contributed by atoms with Crippen LogP contribution in [-0.2, 0) is 0 Å². The van der Waals surface area contributed by atoms with E-state index in [1.165, 1.54) is 0 Å². The number of hydrogen-bond donors (Lipinski definition) is 0. The molecular formula is C45H27N3O. The Kier molecular flexibility index (Phi) is 6.15. The maximum absolute atomic E-state index is 6.22. The molecule has 2 heterocycles. The van der Waals surface area contributed by atoms with E-state index in [0.717, 1.165) is 82.1 Å². The summed E-state index contributed by atoms with van der Waals surface area (Å²) in [7, 11) is 0. The van der Waals surface area contributed by atoms with Crippen LogP contribution in [0.1, 0.15) is 0 Å². The first-order valence-corrected chi connectivity index (χ1v) is 16.4. The van der Waals surface area contributed by atoms with Gasteiger partial charge in [0.05, 0.1) is 0 Å². The zero-order valence-electron chi connectivity index (χ0n) is 26.3. The van der Waals surface area contributed by atoms with Gasteiger partial charge in [0.25, 0.3) is 0 Å². The van der Waals surface area contributed by atoms with Crippen molar-refractivity contribution in [2.75, 3.05) is 0 Å². The van der Waals surface area contributed by atoms with Gasteiger partial charge in [-0.1, -0.05) is 140 Å². The molecular weight excluding hydrogens is 599 g/mol. The molecule has 10 rings (SSSR count). The van der Waals surface area contributed by atoms with Crippen molar-refractivity contribution in [1.29, 1.82) is 0 Å². The Morgan fingerprint density at radius 1 is 0.306 bits per heavy atom. The molecule has 49 heavy (non-hydrogen) atoms. The molecule has 0 radical (unpaired) electrons. The van der Waals surface area contributed by atoms with Gasteiger partial charge in [0.15, 0.2) is 17.5 Å². The SMILES string of the molecule is c1ccc(-c2ccccc2-c2nc(-c3ccc4ccc5cc6oc7ccccc7c6cc5c4c3)nc(-c3cccc4ccccc34)n2)cc1. The lowest BCUT2D eigenvalue weighted by Gasteiger charge is -2.13. The Morgan fingerprint density at radius 3 is 1.82 bits per heavy atom. The summed E-state index contributed by atoms with van der Waals surface area (Å²) in [5.74, 6) is 1.91. The minimum Gasteiger partial charge on any atom is -0.456 e. The van der Waals surface area contributed by atoms with Gasteiger partial charge in [0.2, 0.25) is 0 Å². The number of nitrogens with zero attached hydrogens (tertiary/aromatic N) is 3. The van der Waals surface area contributed by atoms with Gasteiger partial charge in [-0.05, 0) is 67.7 Å². The summed E-state index contributed by atoms with van der Waals surface area (Å²) in [5.41, 5.74) is 6.84. The zero-order valence-corrected chi connectivity index (χ0v) is 26.3. The Morgan fingerprint density at radius 2 is 0.918 bits per heavy atom. The second-order valence-corrected chi connectivity index (χ2v) is 12.4. The summed E-state index contributed by atoms with van der Waals surface area (Å²) in [6.07, 6.45) is 0. The van der Waals surface area contributed by atoms with E-state index in [4.69, 9.17) is 19.4 Å². The Hall–Kier alpha value is -6.65. The van der Waals surface area contributed by atoms with E-state index in [0.29, 0.717) is 17.5 Å². The molecule has 0 spiro atoms. The van der Waals surface area contributed by atoms with E-state index in [-0.39, 0.29) is 0 Å². The topological polar surface area (TPSA) is 51.8 Å². The van der Waals surface area contributed by atoms with E-state index in [9.17, 15) is 0 Å². The highest BCUT2D eigenvalue weighted by Crippen LogP contribution is 2.38. The van der Waals surface area contributed by atoms with Gasteiger partial charge in [-0.15, -0.1) is 0 Å². The molecule has 0 aliphatic carbocycles. The predicted octanol–water partition coefficient (Wildman–Crippen LogP) is 11.9.